The Bertz CT molecular complexity index is 316. The van der Waals surface area contributed by atoms with Crippen LogP contribution in [0.2, 0.25) is 0 Å². The molecule has 2 N–H and O–H groups in total. The number of carbonyl (C=O) groups is 1. The molecule has 2 unspecified atom stereocenters. The molecule has 0 bridgehead atoms. The second-order valence-electron chi connectivity index (χ2n) is 5.32. The number of aliphatic carboxylic acids is 1. The molecule has 1 aliphatic heterocycles. The van der Waals surface area contributed by atoms with Gasteiger partial charge >= 0.3 is 29.6 Å². The van der Waals surface area contributed by atoms with Gasteiger partial charge in [-0.2, -0.15) is 0 Å². The van der Waals surface area contributed by atoms with E-state index in [9.17, 15) is 20.1 Å². The van der Waals surface area contributed by atoms with Crippen molar-refractivity contribution in [3.63, 3.8) is 0 Å². The first-order valence-electron chi connectivity index (χ1n) is 7.29. The van der Waals surface area contributed by atoms with Crippen LogP contribution in [0.3, 0.4) is 0 Å². The summed E-state index contributed by atoms with van der Waals surface area (Å²) in [6, 6.07) is 0. The Morgan fingerprint density at radius 1 is 1.23 bits per heavy atom. The molecule has 1 heterocycles. The number of aliphatic hydroxyl groups is 2. The van der Waals surface area contributed by atoms with Crippen molar-refractivity contribution in [3.05, 3.63) is 0 Å². The third-order valence-electron chi connectivity index (χ3n) is 3.65. The molecule has 22 heavy (non-hydrogen) atoms. The summed E-state index contributed by atoms with van der Waals surface area (Å²) in [6.45, 7) is 2.43. The van der Waals surface area contributed by atoms with E-state index in [1.54, 1.807) is 6.92 Å². The van der Waals surface area contributed by atoms with Crippen molar-refractivity contribution in [3.8, 4) is 0 Å². The summed E-state index contributed by atoms with van der Waals surface area (Å²) < 4.78 is 16.2. The summed E-state index contributed by atoms with van der Waals surface area (Å²) in [5.74, 6) is -1.03. The van der Waals surface area contributed by atoms with E-state index in [1.807, 2.05) is 0 Å². The first kappa shape index (κ1) is 22.3. The maximum Gasteiger partial charge on any atom is 1.00 e. The standard InChI is InChI=1S/C14H26O7.Na/c1-9-12(17)13(18)14(19-2)10(21-9)8-20-7-5-3-4-6-11(15)16;/h9-10,12-14,17-18H,3-8H2,1-2H3,(H,15,16);/q;+1/p-1/t9-,10?,12?,13+,14+;/m1./s1. The quantitative estimate of drug-likeness (QED) is 0.327. The number of methoxy groups -OCH3 is 1. The number of unbranched alkanes of at least 4 members (excludes halogenated alkanes) is 2. The van der Waals surface area contributed by atoms with Gasteiger partial charge in [0, 0.05) is 19.7 Å². The molecule has 0 aromatic carbocycles. The second kappa shape index (κ2) is 11.8. The van der Waals surface area contributed by atoms with Crippen LogP contribution in [0, 0.1) is 0 Å². The van der Waals surface area contributed by atoms with Gasteiger partial charge in [-0.25, -0.2) is 0 Å². The zero-order chi connectivity index (χ0) is 15.8. The van der Waals surface area contributed by atoms with E-state index >= 15 is 0 Å². The first-order valence-corrected chi connectivity index (χ1v) is 7.29. The van der Waals surface area contributed by atoms with Gasteiger partial charge in [-0.05, 0) is 26.2 Å². The summed E-state index contributed by atoms with van der Waals surface area (Å²) >= 11 is 0. The number of carboxylic acid groups (broad SMARTS) is 1. The summed E-state index contributed by atoms with van der Waals surface area (Å²) in [5.41, 5.74) is 0. The Hall–Kier alpha value is 0.270. The summed E-state index contributed by atoms with van der Waals surface area (Å²) in [7, 11) is 1.45. The van der Waals surface area contributed by atoms with E-state index in [1.165, 1.54) is 7.11 Å². The molecule has 5 atom stereocenters. The third kappa shape index (κ3) is 7.23. The molecular weight excluding hydrogens is 303 g/mol. The summed E-state index contributed by atoms with van der Waals surface area (Å²) in [6.07, 6.45) is -1.38. The number of rotatable bonds is 9. The average molecular weight is 328 g/mol. The van der Waals surface area contributed by atoms with Crippen LogP contribution in [0.4, 0.5) is 0 Å². The van der Waals surface area contributed by atoms with E-state index in [0.717, 1.165) is 12.8 Å². The van der Waals surface area contributed by atoms with Crippen LogP contribution in [0.15, 0.2) is 0 Å². The average Bonchev–Trinajstić information content (AvgIpc) is 2.43. The molecule has 1 saturated heterocycles. The largest absolute Gasteiger partial charge is 1.00 e. The molecule has 1 aliphatic rings. The van der Waals surface area contributed by atoms with E-state index in [-0.39, 0.29) is 42.6 Å². The number of ether oxygens (including phenoxy) is 3. The second-order valence-corrected chi connectivity index (χ2v) is 5.32. The maximum atomic E-state index is 10.2. The van der Waals surface area contributed by atoms with Crippen molar-refractivity contribution < 1.29 is 63.9 Å². The Morgan fingerprint density at radius 3 is 2.50 bits per heavy atom. The molecule has 0 radical (unpaired) electrons. The van der Waals surface area contributed by atoms with Crippen molar-refractivity contribution in [2.24, 2.45) is 0 Å². The number of aliphatic hydroxyl groups excluding tert-OH is 2. The monoisotopic (exact) mass is 328 g/mol. The Morgan fingerprint density at radius 2 is 1.91 bits per heavy atom. The molecule has 8 heteroatoms. The predicted octanol–water partition coefficient (Wildman–Crippen LogP) is -4.16. The minimum absolute atomic E-state index is 0. The smallest absolute Gasteiger partial charge is 0.550 e. The first-order chi connectivity index (χ1) is 9.97. The number of hydrogen-bond donors (Lipinski definition) is 2. The molecule has 0 saturated carbocycles. The minimum Gasteiger partial charge on any atom is -0.550 e. The zero-order valence-corrected chi connectivity index (χ0v) is 15.6. The van der Waals surface area contributed by atoms with Crippen LogP contribution in [0.5, 0.6) is 0 Å². The zero-order valence-electron chi connectivity index (χ0n) is 13.6. The number of carbonyl (C=O) groups excluding carboxylic acids is 1. The van der Waals surface area contributed by atoms with E-state index in [4.69, 9.17) is 14.2 Å². The van der Waals surface area contributed by atoms with Gasteiger partial charge in [0.25, 0.3) is 0 Å². The van der Waals surface area contributed by atoms with Crippen molar-refractivity contribution in [1.82, 2.24) is 0 Å². The van der Waals surface area contributed by atoms with Crippen LogP contribution in [0.1, 0.15) is 32.6 Å². The summed E-state index contributed by atoms with van der Waals surface area (Å²) in [5, 5.41) is 29.9. The predicted molar refractivity (Wildman–Crippen MR) is 71.4 cm³/mol. The Labute approximate surface area is 153 Å². The molecule has 1 rings (SSSR count). The van der Waals surface area contributed by atoms with Gasteiger partial charge in [-0.1, -0.05) is 6.42 Å². The van der Waals surface area contributed by atoms with Crippen molar-refractivity contribution >= 4 is 5.97 Å². The van der Waals surface area contributed by atoms with Gasteiger partial charge in [0.05, 0.1) is 12.7 Å². The summed E-state index contributed by atoms with van der Waals surface area (Å²) in [4.78, 5) is 10.2. The van der Waals surface area contributed by atoms with Gasteiger partial charge in [-0.3, -0.25) is 0 Å². The van der Waals surface area contributed by atoms with E-state index in [2.05, 4.69) is 0 Å². The van der Waals surface area contributed by atoms with Crippen LogP contribution in [-0.4, -0.2) is 67.0 Å². The third-order valence-corrected chi connectivity index (χ3v) is 3.65. The van der Waals surface area contributed by atoms with Gasteiger partial charge in [0.15, 0.2) is 0 Å². The number of hydrogen-bond acceptors (Lipinski definition) is 7. The van der Waals surface area contributed by atoms with E-state index in [0.29, 0.717) is 13.0 Å². The minimum atomic E-state index is -1.03. The fourth-order valence-electron chi connectivity index (χ4n) is 2.40. The molecule has 1 fully saturated rings. The van der Waals surface area contributed by atoms with Crippen molar-refractivity contribution in [2.45, 2.75) is 63.1 Å². The molecular formula is C14H25NaO7. The van der Waals surface area contributed by atoms with Crippen LogP contribution in [-0.2, 0) is 19.0 Å². The maximum absolute atomic E-state index is 10.2. The van der Waals surface area contributed by atoms with Crippen LogP contribution >= 0.6 is 0 Å². The van der Waals surface area contributed by atoms with Gasteiger partial charge in [0.1, 0.15) is 24.4 Å². The van der Waals surface area contributed by atoms with E-state index < -0.39 is 36.5 Å². The normalized spacial score (nSPS) is 31.5. The van der Waals surface area contributed by atoms with Gasteiger partial charge in [-0.15, -0.1) is 0 Å². The number of carboxylic acids is 1. The van der Waals surface area contributed by atoms with Gasteiger partial charge < -0.3 is 34.3 Å². The molecule has 0 aliphatic carbocycles. The Balaban J connectivity index is 0.00000441. The van der Waals surface area contributed by atoms with Crippen LogP contribution < -0.4 is 34.7 Å². The fraction of sp³-hybridized carbons (Fsp3) is 0.929. The molecule has 0 amide bonds. The SMILES string of the molecule is CO[C@H]1C(COCCCCCC(=O)[O-])O[C@H](C)C(O)[C@@H]1O.[Na+]. The van der Waals surface area contributed by atoms with Crippen LogP contribution in [0.25, 0.3) is 0 Å². The van der Waals surface area contributed by atoms with Gasteiger partial charge in [0.2, 0.25) is 0 Å². The molecule has 0 aromatic heterocycles. The Kier molecular flexibility index (Phi) is 11.9. The molecule has 0 aromatic rings. The van der Waals surface area contributed by atoms with Crippen molar-refractivity contribution in [1.29, 1.82) is 0 Å². The fourth-order valence-corrected chi connectivity index (χ4v) is 2.40. The topological polar surface area (TPSA) is 108 Å². The van der Waals surface area contributed by atoms with Crippen molar-refractivity contribution in [2.75, 3.05) is 20.3 Å². The molecule has 7 nitrogen and oxygen atoms in total. The molecule has 124 valence electrons. The molecule has 0 spiro atoms.